The van der Waals surface area contributed by atoms with Crippen LogP contribution in [-0.4, -0.2) is 143 Å². The number of hydrogen-bond donors (Lipinski definition) is 2. The Kier molecular flexibility index (Phi) is 15.9. The van der Waals surface area contributed by atoms with Crippen LogP contribution in [0.1, 0.15) is 147 Å². The van der Waals surface area contributed by atoms with Crippen molar-refractivity contribution in [1.82, 2.24) is 40.2 Å². The quantitative estimate of drug-likeness (QED) is 0.118. The van der Waals surface area contributed by atoms with Gasteiger partial charge in [0.2, 0.25) is 0 Å². The van der Waals surface area contributed by atoms with Crippen LogP contribution in [0.4, 0.5) is 0 Å². The van der Waals surface area contributed by atoms with E-state index in [4.69, 9.17) is 14.7 Å². The Morgan fingerprint density at radius 1 is 0.631 bits per heavy atom. The molecule has 14 nitrogen and oxygen atoms in total. The number of hydrogen-bond acceptors (Lipinski definition) is 10. The summed E-state index contributed by atoms with van der Waals surface area (Å²) in [6.07, 6.45) is 15.4. The first-order chi connectivity index (χ1) is 31.7. The standard InChI is InChI=1S/C51H68N8O6.2H2/c1-65-51(64)46(37-19-7-3-8-20-37)55-48(61)43-31-39(33-45(54-43)50(63)59-29-15-22-41(59)35-57-26-11-12-27-57)38-30-42(47(60)52-23-13-18-36-16-5-2-6-17-36)53-44(32-38)49(62)58-28-14-21-40(58)34-56-24-9-4-10-25-56;;/h2,5-6,16-17,30-33,37,40-41,46H,3-4,7-15,18-29,34-35H2,1H3,(H,52,60)(H,55,61);2*1H. The molecule has 8 rings (SSSR count). The molecule has 352 valence electrons. The molecule has 14 heteroatoms. The lowest BCUT2D eigenvalue weighted by molar-refractivity contribution is -0.144. The number of esters is 1. The van der Waals surface area contributed by atoms with Crippen LogP contribution in [0, 0.1) is 5.92 Å². The summed E-state index contributed by atoms with van der Waals surface area (Å²) in [4.78, 5) is 89.1. The van der Waals surface area contributed by atoms with Gasteiger partial charge in [0.1, 0.15) is 28.8 Å². The number of carbonyl (C=O) groups excluding carboxylic acids is 5. The fraction of sp³-hybridized carbons (Fsp3) is 0.588. The lowest BCUT2D eigenvalue weighted by atomic mass is 9.84. The average Bonchev–Trinajstić information content (AvgIpc) is 4.16. The second kappa shape index (κ2) is 22.3. The lowest BCUT2D eigenvalue weighted by Gasteiger charge is -2.33. The Labute approximate surface area is 387 Å². The van der Waals surface area contributed by atoms with Gasteiger partial charge in [0.05, 0.1) is 7.11 Å². The number of benzene rings is 1. The number of carbonyl (C=O) groups is 5. The number of piperidine rings is 1. The number of aromatic nitrogens is 2. The summed E-state index contributed by atoms with van der Waals surface area (Å²) < 4.78 is 5.19. The van der Waals surface area contributed by atoms with Crippen LogP contribution in [0.5, 0.6) is 0 Å². The van der Waals surface area contributed by atoms with E-state index in [2.05, 4.69) is 32.6 Å². The van der Waals surface area contributed by atoms with Crippen molar-refractivity contribution >= 4 is 29.6 Å². The number of nitrogens with zero attached hydrogens (tertiary/aromatic N) is 6. The van der Waals surface area contributed by atoms with Crippen LogP contribution in [-0.2, 0) is 16.0 Å². The van der Waals surface area contributed by atoms with Gasteiger partial charge in [-0.25, -0.2) is 14.8 Å². The number of rotatable bonds is 16. The molecule has 3 atom stereocenters. The first-order valence-electron chi connectivity index (χ1n) is 24.6. The Hall–Kier alpha value is -5.21. The molecule has 1 aromatic carbocycles. The fourth-order valence-electron chi connectivity index (χ4n) is 10.8. The zero-order valence-corrected chi connectivity index (χ0v) is 38.3. The highest BCUT2D eigenvalue weighted by molar-refractivity contribution is 6.01. The van der Waals surface area contributed by atoms with Gasteiger partial charge < -0.3 is 35.0 Å². The van der Waals surface area contributed by atoms with Gasteiger partial charge in [-0.05, 0) is 150 Å². The van der Waals surface area contributed by atoms with E-state index in [0.717, 1.165) is 129 Å². The molecule has 5 fully saturated rings. The lowest BCUT2D eigenvalue weighted by Crippen LogP contribution is -2.47. The molecule has 2 aromatic heterocycles. The van der Waals surface area contributed by atoms with Crippen LogP contribution in [0.15, 0.2) is 54.6 Å². The predicted molar refractivity (Wildman–Crippen MR) is 253 cm³/mol. The molecule has 65 heavy (non-hydrogen) atoms. The summed E-state index contributed by atoms with van der Waals surface area (Å²) in [7, 11) is 1.33. The molecule has 0 radical (unpaired) electrons. The van der Waals surface area contributed by atoms with Crippen LogP contribution < -0.4 is 10.6 Å². The predicted octanol–water partition coefficient (Wildman–Crippen LogP) is 6.64. The molecule has 1 saturated carbocycles. The van der Waals surface area contributed by atoms with Crippen LogP contribution >= 0.6 is 0 Å². The van der Waals surface area contributed by atoms with Crippen LogP contribution in [0.2, 0.25) is 0 Å². The maximum Gasteiger partial charge on any atom is 0.328 e. The summed E-state index contributed by atoms with van der Waals surface area (Å²) in [6, 6.07) is 15.8. The molecular formula is C51H72N8O6. The number of aryl methyl sites for hydroxylation is 1. The number of pyridine rings is 2. The summed E-state index contributed by atoms with van der Waals surface area (Å²) in [5.74, 6) is -2.15. The van der Waals surface area contributed by atoms with Gasteiger partial charge in [-0.3, -0.25) is 19.2 Å². The van der Waals surface area contributed by atoms with Gasteiger partial charge in [-0.15, -0.1) is 0 Å². The van der Waals surface area contributed by atoms with E-state index in [1.165, 1.54) is 19.1 Å². The minimum atomic E-state index is -0.874. The van der Waals surface area contributed by atoms with Gasteiger partial charge in [0.25, 0.3) is 23.6 Å². The van der Waals surface area contributed by atoms with Gasteiger partial charge in [0, 0.05) is 47.7 Å². The second-order valence-electron chi connectivity index (χ2n) is 18.9. The van der Waals surface area contributed by atoms with E-state index >= 15 is 0 Å². The molecule has 4 amide bonds. The molecule has 3 unspecified atom stereocenters. The van der Waals surface area contributed by atoms with E-state index in [1.54, 1.807) is 24.3 Å². The highest BCUT2D eigenvalue weighted by atomic mass is 16.5. The normalized spacial score (nSPS) is 21.3. The van der Waals surface area contributed by atoms with Gasteiger partial charge in [-0.1, -0.05) is 56.0 Å². The van der Waals surface area contributed by atoms with Gasteiger partial charge in [-0.2, -0.15) is 0 Å². The van der Waals surface area contributed by atoms with Crippen LogP contribution in [0.3, 0.4) is 0 Å². The molecule has 6 heterocycles. The zero-order chi connectivity index (χ0) is 45.1. The third-order valence-corrected chi connectivity index (χ3v) is 14.4. The number of likely N-dealkylation sites (tertiary alicyclic amines) is 4. The molecule has 4 saturated heterocycles. The number of methoxy groups -OCH3 is 1. The van der Waals surface area contributed by atoms with Crippen molar-refractivity contribution < 1.29 is 31.6 Å². The monoisotopic (exact) mass is 893 g/mol. The van der Waals surface area contributed by atoms with E-state index in [-0.39, 0.29) is 55.4 Å². The van der Waals surface area contributed by atoms with Crippen molar-refractivity contribution in [3.8, 4) is 11.1 Å². The molecule has 0 bridgehead atoms. The van der Waals surface area contributed by atoms with Crippen molar-refractivity contribution in [2.45, 2.75) is 121 Å². The SMILES string of the molecule is COC(=O)C(NC(=O)c1cc(-c2cc(C(=O)NCCCc3ccccc3)nc(C(=O)N3CCCC3CN3CCCCC3)c2)cc(C(=O)N2CCCC2CN2CCCC2)n1)C1CCCCC1.[HH].[HH]. The van der Waals surface area contributed by atoms with Gasteiger partial charge in [0.15, 0.2) is 0 Å². The summed E-state index contributed by atoms with van der Waals surface area (Å²) >= 11 is 0. The molecule has 1 aliphatic carbocycles. The van der Waals surface area contributed by atoms with Gasteiger partial charge >= 0.3 is 5.97 Å². The largest absolute Gasteiger partial charge is 0.467 e. The van der Waals surface area contributed by atoms with Crippen LogP contribution in [0.25, 0.3) is 11.1 Å². The molecule has 0 spiro atoms. The first-order valence-corrected chi connectivity index (χ1v) is 24.6. The van der Waals surface area contributed by atoms with Crippen molar-refractivity contribution in [2.24, 2.45) is 5.92 Å². The smallest absolute Gasteiger partial charge is 0.328 e. The number of nitrogens with one attached hydrogen (secondary N) is 2. The number of ether oxygens (including phenoxy) is 1. The third kappa shape index (κ3) is 11.8. The Balaban J connectivity index is 0.00000370. The Morgan fingerprint density at radius 3 is 1.69 bits per heavy atom. The van der Waals surface area contributed by atoms with E-state index in [1.807, 2.05) is 28.0 Å². The van der Waals surface area contributed by atoms with E-state index < -0.39 is 23.8 Å². The maximum atomic E-state index is 14.7. The molecule has 2 N–H and O–H groups in total. The highest BCUT2D eigenvalue weighted by Crippen LogP contribution is 2.30. The first kappa shape index (κ1) is 46.3. The average molecular weight is 893 g/mol. The summed E-state index contributed by atoms with van der Waals surface area (Å²) in [5, 5.41) is 5.98. The Bertz CT molecular complexity index is 2150. The van der Waals surface area contributed by atoms with Crippen molar-refractivity contribution in [3.05, 3.63) is 82.9 Å². The Morgan fingerprint density at radius 2 is 1.14 bits per heavy atom. The number of amides is 4. The van der Waals surface area contributed by atoms with E-state index in [9.17, 15) is 24.0 Å². The minimum absolute atomic E-state index is 0. The highest BCUT2D eigenvalue weighted by Gasteiger charge is 2.36. The fourth-order valence-corrected chi connectivity index (χ4v) is 10.8. The topological polar surface area (TPSA) is 157 Å². The maximum absolute atomic E-state index is 14.7. The third-order valence-electron chi connectivity index (χ3n) is 14.4. The van der Waals surface area contributed by atoms with Crippen molar-refractivity contribution in [1.29, 1.82) is 0 Å². The summed E-state index contributed by atoms with van der Waals surface area (Å²) in [6.45, 7) is 7.25. The molecule has 5 aliphatic rings. The van der Waals surface area contributed by atoms with Crippen molar-refractivity contribution in [2.75, 3.05) is 66.0 Å². The second-order valence-corrected chi connectivity index (χ2v) is 18.9. The zero-order valence-electron chi connectivity index (χ0n) is 38.3. The minimum Gasteiger partial charge on any atom is -0.467 e. The van der Waals surface area contributed by atoms with E-state index in [0.29, 0.717) is 37.2 Å². The molecule has 3 aromatic rings. The summed E-state index contributed by atoms with van der Waals surface area (Å²) in [5.41, 5.74) is 2.33. The molecular weight excluding hydrogens is 821 g/mol. The van der Waals surface area contributed by atoms with Crippen molar-refractivity contribution in [3.63, 3.8) is 0 Å². The molecule has 4 aliphatic heterocycles.